The Morgan fingerprint density at radius 2 is 2.12 bits per heavy atom. The highest BCUT2D eigenvalue weighted by molar-refractivity contribution is 5.73. The molecule has 1 aliphatic carbocycles. The van der Waals surface area contributed by atoms with Crippen molar-refractivity contribution in [1.82, 2.24) is 0 Å². The molecule has 1 aromatic rings. The van der Waals surface area contributed by atoms with Crippen LogP contribution in [0.4, 0.5) is 0 Å². The summed E-state index contributed by atoms with van der Waals surface area (Å²) >= 11 is 0. The lowest BCUT2D eigenvalue weighted by Crippen LogP contribution is -2.23. The topological polar surface area (TPSA) is 35.5 Å². The van der Waals surface area contributed by atoms with Crippen molar-refractivity contribution in [2.45, 2.75) is 19.3 Å². The van der Waals surface area contributed by atoms with Gasteiger partial charge in [0, 0.05) is 0 Å². The van der Waals surface area contributed by atoms with Gasteiger partial charge in [-0.2, -0.15) is 0 Å². The Hall–Kier alpha value is -1.51. The van der Waals surface area contributed by atoms with E-state index in [-0.39, 0.29) is 11.9 Å². The summed E-state index contributed by atoms with van der Waals surface area (Å²) in [7, 11) is 3.10. The second kappa shape index (κ2) is 4.56. The Morgan fingerprint density at radius 3 is 2.81 bits per heavy atom. The van der Waals surface area contributed by atoms with Crippen LogP contribution in [0.2, 0.25) is 0 Å². The molecule has 0 N–H and O–H groups in total. The van der Waals surface area contributed by atoms with Gasteiger partial charge in [-0.05, 0) is 42.5 Å². The highest BCUT2D eigenvalue weighted by Crippen LogP contribution is 2.29. The molecule has 0 heterocycles. The van der Waals surface area contributed by atoms with E-state index in [1.54, 1.807) is 7.11 Å². The maximum Gasteiger partial charge on any atom is 0.309 e. The lowest BCUT2D eigenvalue weighted by molar-refractivity contribution is -0.145. The largest absolute Gasteiger partial charge is 0.497 e. The normalized spacial score (nSPS) is 18.8. The minimum Gasteiger partial charge on any atom is -0.497 e. The van der Waals surface area contributed by atoms with Crippen LogP contribution in [-0.2, 0) is 22.4 Å². The predicted molar refractivity (Wildman–Crippen MR) is 60.5 cm³/mol. The lowest BCUT2D eigenvalue weighted by atomic mass is 9.84. The Bertz CT molecular complexity index is 398. The zero-order valence-corrected chi connectivity index (χ0v) is 9.66. The van der Waals surface area contributed by atoms with Crippen LogP contribution in [0, 0.1) is 5.92 Å². The van der Waals surface area contributed by atoms with Crippen LogP contribution < -0.4 is 4.74 Å². The summed E-state index contributed by atoms with van der Waals surface area (Å²) in [6, 6.07) is 6.07. The van der Waals surface area contributed by atoms with Gasteiger partial charge in [0.15, 0.2) is 0 Å². The fourth-order valence-electron chi connectivity index (χ4n) is 2.23. The molecule has 2 rings (SSSR count). The summed E-state index contributed by atoms with van der Waals surface area (Å²) in [5, 5.41) is 0. The molecule has 86 valence electrons. The SMILES string of the molecule is COC(=O)[C@@H]1CCc2ccc(OC)cc2C1. The predicted octanol–water partition coefficient (Wildman–Crippen LogP) is 1.97. The van der Waals surface area contributed by atoms with Gasteiger partial charge in [-0.3, -0.25) is 4.79 Å². The van der Waals surface area contributed by atoms with E-state index in [0.29, 0.717) is 0 Å². The van der Waals surface area contributed by atoms with E-state index >= 15 is 0 Å². The van der Waals surface area contributed by atoms with Crippen LogP contribution in [0.15, 0.2) is 18.2 Å². The average molecular weight is 220 g/mol. The van der Waals surface area contributed by atoms with Crippen LogP contribution in [0.5, 0.6) is 5.75 Å². The smallest absolute Gasteiger partial charge is 0.309 e. The molecule has 0 bridgehead atoms. The first-order valence-electron chi connectivity index (χ1n) is 5.48. The van der Waals surface area contributed by atoms with Crippen molar-refractivity contribution < 1.29 is 14.3 Å². The summed E-state index contributed by atoms with van der Waals surface area (Å²) in [4.78, 5) is 11.5. The number of hydrogen-bond acceptors (Lipinski definition) is 3. The van der Waals surface area contributed by atoms with E-state index in [9.17, 15) is 4.79 Å². The quantitative estimate of drug-likeness (QED) is 0.715. The third kappa shape index (κ3) is 2.03. The zero-order valence-electron chi connectivity index (χ0n) is 9.66. The summed E-state index contributed by atoms with van der Waals surface area (Å²) in [6.07, 6.45) is 2.59. The number of ether oxygens (including phenoxy) is 2. The molecule has 0 spiro atoms. The molecule has 0 aliphatic heterocycles. The Morgan fingerprint density at radius 1 is 1.31 bits per heavy atom. The minimum absolute atomic E-state index is 0.00426. The van der Waals surface area contributed by atoms with Crippen molar-refractivity contribution in [1.29, 1.82) is 0 Å². The van der Waals surface area contributed by atoms with Crippen molar-refractivity contribution in [2.75, 3.05) is 14.2 Å². The molecule has 0 saturated carbocycles. The van der Waals surface area contributed by atoms with Crippen molar-refractivity contribution in [3.63, 3.8) is 0 Å². The summed E-state index contributed by atoms with van der Waals surface area (Å²) < 4.78 is 9.98. The molecular formula is C13H16O3. The number of benzene rings is 1. The number of rotatable bonds is 2. The van der Waals surface area contributed by atoms with Gasteiger partial charge >= 0.3 is 5.97 Å². The molecule has 0 radical (unpaired) electrons. The van der Waals surface area contributed by atoms with Crippen LogP contribution in [0.1, 0.15) is 17.5 Å². The molecular weight excluding hydrogens is 204 g/mol. The fraction of sp³-hybridized carbons (Fsp3) is 0.462. The van der Waals surface area contributed by atoms with Gasteiger partial charge in [-0.1, -0.05) is 6.07 Å². The second-order valence-electron chi connectivity index (χ2n) is 4.10. The molecule has 0 fully saturated rings. The minimum atomic E-state index is -0.103. The maximum atomic E-state index is 11.5. The molecule has 1 atom stereocenters. The molecule has 0 amide bonds. The Kier molecular flexibility index (Phi) is 3.13. The number of esters is 1. The summed E-state index contributed by atoms with van der Waals surface area (Å²) in [5.41, 5.74) is 2.53. The first kappa shape index (κ1) is 11.0. The molecule has 0 aromatic heterocycles. The van der Waals surface area contributed by atoms with Crippen LogP contribution in [0.25, 0.3) is 0 Å². The summed E-state index contributed by atoms with van der Waals surface area (Å²) in [6.45, 7) is 0. The van der Waals surface area contributed by atoms with Crippen molar-refractivity contribution in [2.24, 2.45) is 5.92 Å². The van der Waals surface area contributed by atoms with E-state index in [1.807, 2.05) is 12.1 Å². The number of carbonyl (C=O) groups is 1. The van der Waals surface area contributed by atoms with E-state index in [2.05, 4.69) is 6.07 Å². The van der Waals surface area contributed by atoms with Gasteiger partial charge in [-0.15, -0.1) is 0 Å². The number of aryl methyl sites for hydroxylation is 1. The zero-order chi connectivity index (χ0) is 11.5. The molecule has 1 aliphatic rings. The van der Waals surface area contributed by atoms with Crippen molar-refractivity contribution in [3.05, 3.63) is 29.3 Å². The number of hydrogen-bond donors (Lipinski definition) is 0. The van der Waals surface area contributed by atoms with E-state index in [4.69, 9.17) is 9.47 Å². The van der Waals surface area contributed by atoms with Crippen LogP contribution >= 0.6 is 0 Å². The highest BCUT2D eigenvalue weighted by Gasteiger charge is 2.25. The average Bonchev–Trinajstić information content (AvgIpc) is 2.36. The van der Waals surface area contributed by atoms with Crippen molar-refractivity contribution >= 4 is 5.97 Å². The third-order valence-electron chi connectivity index (χ3n) is 3.18. The fourth-order valence-corrected chi connectivity index (χ4v) is 2.23. The first-order valence-corrected chi connectivity index (χ1v) is 5.48. The Labute approximate surface area is 95.4 Å². The van der Waals surface area contributed by atoms with Gasteiger partial charge in [0.1, 0.15) is 5.75 Å². The monoisotopic (exact) mass is 220 g/mol. The van der Waals surface area contributed by atoms with Gasteiger partial charge in [0.05, 0.1) is 20.1 Å². The van der Waals surface area contributed by atoms with Crippen molar-refractivity contribution in [3.8, 4) is 5.75 Å². The molecule has 0 unspecified atom stereocenters. The number of carbonyl (C=O) groups excluding carboxylic acids is 1. The van der Waals surface area contributed by atoms with Gasteiger partial charge in [-0.25, -0.2) is 0 Å². The van der Waals surface area contributed by atoms with E-state index in [0.717, 1.165) is 25.0 Å². The standard InChI is InChI=1S/C13H16O3/c1-15-12-6-5-9-3-4-10(13(14)16-2)7-11(9)8-12/h5-6,8,10H,3-4,7H2,1-2H3/t10-/m1/s1. The van der Waals surface area contributed by atoms with Crippen LogP contribution in [-0.4, -0.2) is 20.2 Å². The molecule has 16 heavy (non-hydrogen) atoms. The Balaban J connectivity index is 2.21. The highest BCUT2D eigenvalue weighted by atomic mass is 16.5. The van der Waals surface area contributed by atoms with Crippen LogP contribution in [0.3, 0.4) is 0 Å². The molecule has 3 heteroatoms. The van der Waals surface area contributed by atoms with Gasteiger partial charge < -0.3 is 9.47 Å². The third-order valence-corrected chi connectivity index (χ3v) is 3.18. The molecule has 0 saturated heterocycles. The molecule has 3 nitrogen and oxygen atoms in total. The summed E-state index contributed by atoms with van der Waals surface area (Å²) in [5.74, 6) is 0.752. The van der Waals surface area contributed by atoms with Gasteiger partial charge in [0.2, 0.25) is 0 Å². The number of methoxy groups -OCH3 is 2. The second-order valence-corrected chi connectivity index (χ2v) is 4.10. The van der Waals surface area contributed by atoms with E-state index < -0.39 is 0 Å². The van der Waals surface area contributed by atoms with E-state index in [1.165, 1.54) is 18.2 Å². The lowest BCUT2D eigenvalue weighted by Gasteiger charge is -2.23. The number of fused-ring (bicyclic) bond motifs is 1. The molecule has 1 aromatic carbocycles. The van der Waals surface area contributed by atoms with Gasteiger partial charge in [0.25, 0.3) is 0 Å². The first-order chi connectivity index (χ1) is 7.74. The maximum absolute atomic E-state index is 11.5.